The van der Waals surface area contributed by atoms with E-state index >= 15 is 0 Å². The Kier molecular flexibility index (Phi) is 16.7. The number of amides is 2. The molecule has 0 atom stereocenters. The van der Waals surface area contributed by atoms with Crippen LogP contribution in [0.3, 0.4) is 0 Å². The lowest BCUT2D eigenvalue weighted by Gasteiger charge is -2.31. The summed E-state index contributed by atoms with van der Waals surface area (Å²) in [5.41, 5.74) is -0.885. The Hall–Kier alpha value is -3.52. The van der Waals surface area contributed by atoms with Gasteiger partial charge in [-0.2, -0.15) is 0 Å². The van der Waals surface area contributed by atoms with Crippen molar-refractivity contribution in [3.05, 3.63) is 42.7 Å². The number of carbonyl (C=O) groups excluding carboxylic acids is 4. The van der Waals surface area contributed by atoms with Crippen molar-refractivity contribution < 1.29 is 38.1 Å². The van der Waals surface area contributed by atoms with E-state index in [1.807, 2.05) is 53.7 Å². The Bertz CT molecular complexity index is 1500. The van der Waals surface area contributed by atoms with E-state index in [1.165, 1.54) is 36.9 Å². The monoisotopic (exact) mass is 778 g/mol. The molecule has 2 fully saturated rings. The number of hydrogen-bond donors (Lipinski definition) is 0. The average molecular weight is 780 g/mol. The van der Waals surface area contributed by atoms with Gasteiger partial charge in [0, 0.05) is 38.0 Å². The van der Waals surface area contributed by atoms with Crippen molar-refractivity contribution >= 4 is 62.7 Å². The van der Waals surface area contributed by atoms with Crippen LogP contribution in [0.1, 0.15) is 91.4 Å². The summed E-state index contributed by atoms with van der Waals surface area (Å²) >= 11 is 5.94. The fourth-order valence-corrected chi connectivity index (χ4v) is 6.49. The summed E-state index contributed by atoms with van der Waals surface area (Å²) in [5.74, 6) is 9.06. The summed E-state index contributed by atoms with van der Waals surface area (Å²) in [7, 11) is 2.74. The number of methoxy groups -OCH3 is 2. The lowest BCUT2D eigenvalue weighted by atomic mass is 9.98. The first-order valence-electron chi connectivity index (χ1n) is 15.9. The molecule has 0 unspecified atom stereocenters. The van der Waals surface area contributed by atoms with E-state index < -0.39 is 11.2 Å². The van der Waals surface area contributed by atoms with Crippen molar-refractivity contribution in [1.29, 1.82) is 0 Å². The van der Waals surface area contributed by atoms with Crippen LogP contribution in [0.2, 0.25) is 0 Å². The lowest BCUT2D eigenvalue weighted by Crippen LogP contribution is -2.41. The van der Waals surface area contributed by atoms with E-state index in [1.54, 1.807) is 21.9 Å². The van der Waals surface area contributed by atoms with Crippen LogP contribution in [-0.4, -0.2) is 85.5 Å². The van der Waals surface area contributed by atoms with Crippen LogP contribution < -0.4 is 0 Å². The third-order valence-corrected chi connectivity index (χ3v) is 9.47. The van der Waals surface area contributed by atoms with Crippen molar-refractivity contribution in [2.45, 2.75) is 78.4 Å². The smallest absolute Gasteiger partial charge is 0.410 e. The molecule has 13 heteroatoms. The molecule has 2 amide bonds. The van der Waals surface area contributed by atoms with Crippen molar-refractivity contribution in [1.82, 2.24) is 9.80 Å². The minimum Gasteiger partial charge on any atom is -0.465 e. The standard InChI is InChI=1S/C18H23NO4S.C12H19NO2.C6H5BrO2S/c1-18(2,3)23-17(21)19-11-9-13(10-12-19)5-6-14-7-8-15(24-14)16(20)22-4;1-5-10-6-8-13(9-7-10)11(14)15-12(2,3)4;1-9-6(8)4-2-3-5(7)10-4/h7-8,13H,9-12H2,1-4H3;1,10H,6-9H2,2-4H3;2-3H,1H3. The van der Waals surface area contributed by atoms with Gasteiger partial charge in [-0.25, -0.2) is 19.2 Å². The molecule has 0 bridgehead atoms. The van der Waals surface area contributed by atoms with Gasteiger partial charge in [-0.15, -0.1) is 35.0 Å². The zero-order chi connectivity index (χ0) is 36.8. The Labute approximate surface area is 306 Å². The summed E-state index contributed by atoms with van der Waals surface area (Å²) in [6.07, 6.45) is 8.30. The molecule has 10 nitrogen and oxygen atoms in total. The number of nitrogens with zero attached hydrogens (tertiary/aromatic N) is 2. The normalized spacial score (nSPS) is 15.1. The van der Waals surface area contributed by atoms with Gasteiger partial charge in [0.1, 0.15) is 21.0 Å². The lowest BCUT2D eigenvalue weighted by molar-refractivity contribution is 0.0189. The van der Waals surface area contributed by atoms with Crippen LogP contribution in [-0.2, 0) is 18.9 Å². The molecule has 0 spiro atoms. The second-order valence-electron chi connectivity index (χ2n) is 13.2. The molecule has 2 aromatic heterocycles. The molecule has 0 aliphatic carbocycles. The van der Waals surface area contributed by atoms with Gasteiger partial charge in [-0.05, 0) is 107 Å². The molecule has 0 saturated carbocycles. The number of ether oxygens (including phenoxy) is 4. The highest BCUT2D eigenvalue weighted by Crippen LogP contribution is 2.23. The number of likely N-dealkylation sites (tertiary alicyclic amines) is 2. The summed E-state index contributed by atoms with van der Waals surface area (Å²) < 4.78 is 20.8. The van der Waals surface area contributed by atoms with Crippen LogP contribution in [0.15, 0.2) is 28.1 Å². The van der Waals surface area contributed by atoms with Crippen LogP contribution in [0.4, 0.5) is 9.59 Å². The molecule has 2 saturated heterocycles. The highest BCUT2D eigenvalue weighted by Gasteiger charge is 2.27. The fourth-order valence-electron chi connectivity index (χ4n) is 4.40. The van der Waals surface area contributed by atoms with Crippen molar-refractivity contribution in [2.24, 2.45) is 11.8 Å². The van der Waals surface area contributed by atoms with Gasteiger partial charge in [-0.1, -0.05) is 11.8 Å². The van der Waals surface area contributed by atoms with E-state index in [9.17, 15) is 19.2 Å². The maximum absolute atomic E-state index is 12.0. The third kappa shape index (κ3) is 15.7. The maximum Gasteiger partial charge on any atom is 0.410 e. The van der Waals surface area contributed by atoms with Crippen LogP contribution in [0, 0.1) is 36.0 Å². The maximum atomic E-state index is 12.0. The predicted octanol–water partition coefficient (Wildman–Crippen LogP) is 8.10. The largest absolute Gasteiger partial charge is 0.465 e. The number of piperidine rings is 2. The first kappa shape index (κ1) is 41.7. The fraction of sp³-hybridized carbons (Fsp3) is 0.556. The molecule has 2 aromatic rings. The molecule has 0 N–H and O–H groups in total. The molecule has 4 heterocycles. The van der Waals surface area contributed by atoms with E-state index in [0.29, 0.717) is 41.9 Å². The minimum atomic E-state index is -0.468. The molecule has 268 valence electrons. The van der Waals surface area contributed by atoms with Crippen molar-refractivity contribution in [2.75, 3.05) is 40.4 Å². The van der Waals surface area contributed by atoms with Gasteiger partial charge in [0.05, 0.1) is 22.9 Å². The SMILES string of the molecule is C#CC1CCN(C(=O)OC(C)(C)C)CC1.COC(=O)c1ccc(Br)s1.COC(=O)c1ccc(C#CC2CCN(C(=O)OC(C)(C)C)CC2)s1. The minimum absolute atomic E-state index is 0.224. The first-order chi connectivity index (χ1) is 22.9. The van der Waals surface area contributed by atoms with Crippen molar-refractivity contribution in [3.8, 4) is 24.2 Å². The molecule has 0 aromatic carbocycles. The topological polar surface area (TPSA) is 112 Å². The van der Waals surface area contributed by atoms with Gasteiger partial charge >= 0.3 is 24.1 Å². The molecular formula is C36H47BrN2O8S2. The number of rotatable bonds is 2. The second kappa shape index (κ2) is 19.6. The number of hydrogen-bond acceptors (Lipinski definition) is 10. The summed E-state index contributed by atoms with van der Waals surface area (Å²) in [4.78, 5) is 51.4. The summed E-state index contributed by atoms with van der Waals surface area (Å²) in [6, 6.07) is 7.10. The second-order valence-corrected chi connectivity index (χ2v) is 16.7. The number of esters is 2. The van der Waals surface area contributed by atoms with Crippen molar-refractivity contribution in [3.63, 3.8) is 0 Å². The van der Waals surface area contributed by atoms with Gasteiger partial charge in [0.2, 0.25) is 0 Å². The zero-order valence-electron chi connectivity index (χ0n) is 29.6. The third-order valence-electron chi connectivity index (χ3n) is 6.88. The highest BCUT2D eigenvalue weighted by molar-refractivity contribution is 9.11. The Balaban J connectivity index is 0.000000283. The Morgan fingerprint density at radius 3 is 1.55 bits per heavy atom. The first-order valence-corrected chi connectivity index (χ1v) is 18.3. The molecule has 2 aliphatic rings. The summed E-state index contributed by atoms with van der Waals surface area (Å²) in [6.45, 7) is 14.0. The molecule has 49 heavy (non-hydrogen) atoms. The number of carbonyl (C=O) groups is 4. The van der Waals surface area contributed by atoms with Gasteiger partial charge in [0.15, 0.2) is 0 Å². The Morgan fingerprint density at radius 2 is 1.16 bits per heavy atom. The summed E-state index contributed by atoms with van der Waals surface area (Å²) in [5, 5.41) is 0. The molecule has 4 rings (SSSR count). The van der Waals surface area contributed by atoms with Gasteiger partial charge in [0.25, 0.3) is 0 Å². The number of thiophene rings is 2. The van der Waals surface area contributed by atoms with Gasteiger partial charge in [-0.3, -0.25) is 0 Å². The molecule has 0 radical (unpaired) electrons. The molecule has 2 aliphatic heterocycles. The predicted molar refractivity (Wildman–Crippen MR) is 196 cm³/mol. The molecular weight excluding hydrogens is 732 g/mol. The van der Waals surface area contributed by atoms with E-state index in [-0.39, 0.29) is 30.0 Å². The van der Waals surface area contributed by atoms with E-state index in [2.05, 4.69) is 43.2 Å². The average Bonchev–Trinajstić information content (AvgIpc) is 3.71. The van der Waals surface area contributed by atoms with Crippen LogP contribution >= 0.6 is 38.6 Å². The zero-order valence-corrected chi connectivity index (χ0v) is 32.8. The number of terminal acetylenes is 1. The van der Waals surface area contributed by atoms with E-state index in [4.69, 9.17) is 15.9 Å². The van der Waals surface area contributed by atoms with Crippen LogP contribution in [0.5, 0.6) is 0 Å². The van der Waals surface area contributed by atoms with Gasteiger partial charge < -0.3 is 28.7 Å². The number of halogens is 1. The quantitative estimate of drug-likeness (QED) is 0.171. The Morgan fingerprint density at radius 1 is 0.735 bits per heavy atom. The van der Waals surface area contributed by atoms with Crippen LogP contribution in [0.25, 0.3) is 0 Å². The highest BCUT2D eigenvalue weighted by atomic mass is 79.9. The van der Waals surface area contributed by atoms with E-state index in [0.717, 1.165) is 34.3 Å².